The lowest BCUT2D eigenvalue weighted by atomic mass is 9.97. The first-order chi connectivity index (χ1) is 13.6. The van der Waals surface area contributed by atoms with E-state index in [0.29, 0.717) is 35.1 Å². The Hall–Kier alpha value is -3.63. The summed E-state index contributed by atoms with van der Waals surface area (Å²) in [5, 5.41) is 19.3. The molecule has 0 saturated carbocycles. The minimum atomic E-state index is -0.180. The summed E-state index contributed by atoms with van der Waals surface area (Å²) < 4.78 is 10.6. The van der Waals surface area contributed by atoms with E-state index in [1.54, 1.807) is 37.6 Å². The number of hydrogen-bond donors (Lipinski definition) is 2. The zero-order valence-corrected chi connectivity index (χ0v) is 15.6. The van der Waals surface area contributed by atoms with Gasteiger partial charge in [-0.1, -0.05) is 6.07 Å². The number of ether oxygens (including phenoxy) is 2. The highest BCUT2D eigenvalue weighted by Gasteiger charge is 2.15. The van der Waals surface area contributed by atoms with Gasteiger partial charge in [0.05, 0.1) is 26.0 Å². The SMILES string of the molecule is CCOc1ccc(-c2cc(-c3ccc(OC)nc3)nc(N)c2C#N)cc1CO. The number of aromatic nitrogens is 2. The predicted octanol–water partition coefficient (Wildman–Crippen LogP) is 3.16. The first-order valence-corrected chi connectivity index (χ1v) is 8.69. The molecule has 7 nitrogen and oxygen atoms in total. The van der Waals surface area contributed by atoms with Gasteiger partial charge in [0, 0.05) is 29.0 Å². The van der Waals surface area contributed by atoms with Crippen molar-refractivity contribution in [1.82, 2.24) is 9.97 Å². The molecular weight excluding hydrogens is 356 g/mol. The van der Waals surface area contributed by atoms with Crippen LogP contribution in [0.5, 0.6) is 11.6 Å². The normalized spacial score (nSPS) is 10.4. The number of nitrogens with two attached hydrogens (primary N) is 1. The maximum atomic E-state index is 9.68. The fraction of sp³-hybridized carbons (Fsp3) is 0.190. The average Bonchev–Trinajstić information content (AvgIpc) is 2.73. The summed E-state index contributed by atoms with van der Waals surface area (Å²) in [5.74, 6) is 1.23. The first-order valence-electron chi connectivity index (χ1n) is 8.69. The maximum Gasteiger partial charge on any atom is 0.212 e. The van der Waals surface area contributed by atoms with Crippen molar-refractivity contribution in [3.8, 4) is 40.1 Å². The summed E-state index contributed by atoms with van der Waals surface area (Å²) >= 11 is 0. The van der Waals surface area contributed by atoms with Gasteiger partial charge in [-0.3, -0.25) is 0 Å². The number of methoxy groups -OCH3 is 1. The molecule has 1 aromatic carbocycles. The molecule has 142 valence electrons. The molecule has 0 spiro atoms. The van der Waals surface area contributed by atoms with E-state index in [0.717, 1.165) is 11.1 Å². The Labute approximate surface area is 163 Å². The van der Waals surface area contributed by atoms with Gasteiger partial charge in [-0.2, -0.15) is 5.26 Å². The Morgan fingerprint density at radius 1 is 1.18 bits per heavy atom. The van der Waals surface area contributed by atoms with Gasteiger partial charge in [0.15, 0.2) is 0 Å². The lowest BCUT2D eigenvalue weighted by molar-refractivity contribution is 0.267. The van der Waals surface area contributed by atoms with Crippen molar-refractivity contribution < 1.29 is 14.6 Å². The number of hydrogen-bond acceptors (Lipinski definition) is 7. The Bertz CT molecular complexity index is 1030. The van der Waals surface area contributed by atoms with Gasteiger partial charge >= 0.3 is 0 Å². The van der Waals surface area contributed by atoms with Crippen LogP contribution in [0.1, 0.15) is 18.1 Å². The molecule has 0 aliphatic heterocycles. The van der Waals surface area contributed by atoms with E-state index in [1.165, 1.54) is 0 Å². The van der Waals surface area contributed by atoms with Crippen LogP contribution in [0.4, 0.5) is 5.82 Å². The number of nitriles is 1. The second-order valence-electron chi connectivity index (χ2n) is 5.93. The van der Waals surface area contributed by atoms with Crippen LogP contribution in [0.3, 0.4) is 0 Å². The second-order valence-corrected chi connectivity index (χ2v) is 5.93. The van der Waals surface area contributed by atoms with Crippen LogP contribution in [0, 0.1) is 11.3 Å². The van der Waals surface area contributed by atoms with E-state index < -0.39 is 0 Å². The van der Waals surface area contributed by atoms with Crippen molar-refractivity contribution in [3.05, 3.63) is 53.7 Å². The van der Waals surface area contributed by atoms with Crippen LogP contribution in [0.25, 0.3) is 22.4 Å². The predicted molar refractivity (Wildman–Crippen MR) is 106 cm³/mol. The Morgan fingerprint density at radius 3 is 2.57 bits per heavy atom. The van der Waals surface area contributed by atoms with Gasteiger partial charge in [-0.05, 0) is 36.8 Å². The summed E-state index contributed by atoms with van der Waals surface area (Å²) in [7, 11) is 1.54. The molecule has 3 aromatic rings. The summed E-state index contributed by atoms with van der Waals surface area (Å²) in [6, 6.07) is 12.8. The fourth-order valence-corrected chi connectivity index (χ4v) is 2.88. The summed E-state index contributed by atoms with van der Waals surface area (Å²) in [4.78, 5) is 8.54. The van der Waals surface area contributed by atoms with Gasteiger partial charge in [0.2, 0.25) is 5.88 Å². The molecule has 0 bridgehead atoms. The van der Waals surface area contributed by atoms with Gasteiger partial charge in [0.1, 0.15) is 23.2 Å². The molecule has 0 amide bonds. The van der Waals surface area contributed by atoms with E-state index >= 15 is 0 Å². The lowest BCUT2D eigenvalue weighted by Gasteiger charge is -2.13. The van der Waals surface area contributed by atoms with Crippen molar-refractivity contribution >= 4 is 5.82 Å². The molecule has 3 rings (SSSR count). The summed E-state index contributed by atoms with van der Waals surface area (Å²) in [5.41, 5.74) is 9.65. The van der Waals surface area contributed by atoms with Gasteiger partial charge in [-0.25, -0.2) is 9.97 Å². The minimum absolute atomic E-state index is 0.130. The molecule has 7 heteroatoms. The van der Waals surface area contributed by atoms with Crippen LogP contribution in [0.2, 0.25) is 0 Å². The van der Waals surface area contributed by atoms with Crippen LogP contribution in [0.15, 0.2) is 42.6 Å². The van der Waals surface area contributed by atoms with E-state index in [-0.39, 0.29) is 18.0 Å². The fourth-order valence-electron chi connectivity index (χ4n) is 2.88. The number of nitrogen functional groups attached to an aromatic ring is 1. The van der Waals surface area contributed by atoms with Gasteiger partial charge in [0.25, 0.3) is 0 Å². The smallest absolute Gasteiger partial charge is 0.212 e. The third-order valence-corrected chi connectivity index (χ3v) is 4.24. The van der Waals surface area contributed by atoms with E-state index in [1.807, 2.05) is 19.1 Å². The standard InChI is InChI=1S/C21H20N4O3/c1-3-28-19-6-4-13(8-15(19)12-26)16-9-18(25-21(23)17(16)10-22)14-5-7-20(27-2)24-11-14/h4-9,11,26H,3,12H2,1-2H3,(H2,23,25). The molecule has 0 aliphatic rings. The summed E-state index contributed by atoms with van der Waals surface area (Å²) in [6.07, 6.45) is 1.63. The third kappa shape index (κ3) is 3.72. The Kier molecular flexibility index (Phi) is 5.72. The van der Waals surface area contributed by atoms with Crippen LogP contribution in [-0.4, -0.2) is 28.8 Å². The molecule has 0 saturated heterocycles. The second kappa shape index (κ2) is 8.37. The number of benzene rings is 1. The third-order valence-electron chi connectivity index (χ3n) is 4.24. The Balaban J connectivity index is 2.14. The van der Waals surface area contributed by atoms with Gasteiger partial charge in [-0.15, -0.1) is 0 Å². The van der Waals surface area contributed by atoms with Gasteiger partial charge < -0.3 is 20.3 Å². The maximum absolute atomic E-state index is 9.68. The monoisotopic (exact) mass is 376 g/mol. The number of pyridine rings is 2. The zero-order chi connectivity index (χ0) is 20.1. The molecule has 0 radical (unpaired) electrons. The topological polar surface area (TPSA) is 114 Å². The average molecular weight is 376 g/mol. The number of nitrogens with zero attached hydrogens (tertiary/aromatic N) is 3. The van der Waals surface area contributed by atoms with Crippen molar-refractivity contribution in [2.45, 2.75) is 13.5 Å². The van der Waals surface area contributed by atoms with Crippen LogP contribution < -0.4 is 15.2 Å². The van der Waals surface area contributed by atoms with E-state index in [9.17, 15) is 10.4 Å². The highest BCUT2D eigenvalue weighted by Crippen LogP contribution is 2.33. The number of aliphatic hydroxyl groups excluding tert-OH is 1. The highest BCUT2D eigenvalue weighted by molar-refractivity contribution is 5.80. The molecular formula is C21H20N4O3. The van der Waals surface area contributed by atoms with Crippen molar-refractivity contribution in [2.75, 3.05) is 19.5 Å². The number of rotatable bonds is 6. The molecule has 0 atom stereocenters. The molecule has 0 aliphatic carbocycles. The van der Waals surface area contributed by atoms with Crippen molar-refractivity contribution in [1.29, 1.82) is 5.26 Å². The molecule has 28 heavy (non-hydrogen) atoms. The zero-order valence-electron chi connectivity index (χ0n) is 15.6. The number of aliphatic hydroxyl groups is 1. The van der Waals surface area contributed by atoms with E-state index in [2.05, 4.69) is 16.0 Å². The van der Waals surface area contributed by atoms with Crippen LogP contribution >= 0.6 is 0 Å². The van der Waals surface area contributed by atoms with Crippen LogP contribution in [-0.2, 0) is 6.61 Å². The van der Waals surface area contributed by atoms with E-state index in [4.69, 9.17) is 15.2 Å². The lowest BCUT2D eigenvalue weighted by Crippen LogP contribution is -2.01. The highest BCUT2D eigenvalue weighted by atomic mass is 16.5. The molecule has 0 fully saturated rings. The molecule has 0 unspecified atom stereocenters. The number of anilines is 1. The first kappa shape index (κ1) is 19.1. The van der Waals surface area contributed by atoms with Crippen molar-refractivity contribution in [3.63, 3.8) is 0 Å². The molecule has 2 heterocycles. The minimum Gasteiger partial charge on any atom is -0.494 e. The summed E-state index contributed by atoms with van der Waals surface area (Å²) in [6.45, 7) is 2.19. The Morgan fingerprint density at radius 2 is 1.96 bits per heavy atom. The largest absolute Gasteiger partial charge is 0.494 e. The molecule has 3 N–H and O–H groups in total. The quantitative estimate of drug-likeness (QED) is 0.679. The van der Waals surface area contributed by atoms with Crippen molar-refractivity contribution in [2.24, 2.45) is 0 Å². The molecule has 2 aromatic heterocycles.